The lowest BCUT2D eigenvalue weighted by Crippen LogP contribution is -2.46. The van der Waals surface area contributed by atoms with Crippen LogP contribution in [-0.2, 0) is 9.59 Å². The average molecular weight is 320 g/mol. The fraction of sp³-hybridized carbons (Fsp3) is 0.867. The minimum atomic E-state index is -0.362. The highest BCUT2D eigenvalue weighted by atomic mass is 35.5. The van der Waals surface area contributed by atoms with Gasteiger partial charge in [-0.3, -0.25) is 9.59 Å². The molecule has 21 heavy (non-hydrogen) atoms. The topological polar surface area (TPSA) is 75.4 Å². The van der Waals surface area contributed by atoms with Gasteiger partial charge in [-0.05, 0) is 25.7 Å². The van der Waals surface area contributed by atoms with Gasteiger partial charge in [-0.15, -0.1) is 12.4 Å². The van der Waals surface area contributed by atoms with Crippen LogP contribution < -0.4 is 11.1 Å². The van der Waals surface area contributed by atoms with Crippen molar-refractivity contribution in [2.45, 2.75) is 53.0 Å². The van der Waals surface area contributed by atoms with Crippen LogP contribution in [0.2, 0.25) is 0 Å². The molecule has 0 bridgehead atoms. The maximum atomic E-state index is 12.0. The Hall–Kier alpha value is -0.810. The summed E-state index contributed by atoms with van der Waals surface area (Å²) in [6.45, 7) is 9.76. The van der Waals surface area contributed by atoms with E-state index in [-0.39, 0.29) is 35.7 Å². The smallest absolute Gasteiger partial charge is 0.225 e. The average Bonchev–Trinajstić information content (AvgIpc) is 2.34. The molecule has 2 atom stereocenters. The van der Waals surface area contributed by atoms with E-state index in [0.717, 1.165) is 25.9 Å². The Labute approximate surface area is 134 Å². The Morgan fingerprint density at radius 1 is 1.38 bits per heavy atom. The summed E-state index contributed by atoms with van der Waals surface area (Å²) in [4.78, 5) is 25.8. The van der Waals surface area contributed by atoms with Gasteiger partial charge < -0.3 is 16.0 Å². The molecule has 6 heteroatoms. The molecule has 0 saturated carbocycles. The van der Waals surface area contributed by atoms with Crippen LogP contribution in [-0.4, -0.2) is 42.4 Å². The molecule has 0 radical (unpaired) electrons. The van der Waals surface area contributed by atoms with Gasteiger partial charge in [0.15, 0.2) is 0 Å². The molecule has 1 rings (SSSR count). The number of piperidine rings is 1. The first kappa shape index (κ1) is 20.2. The van der Waals surface area contributed by atoms with E-state index in [9.17, 15) is 9.59 Å². The predicted molar refractivity (Wildman–Crippen MR) is 87.3 cm³/mol. The summed E-state index contributed by atoms with van der Waals surface area (Å²) in [5, 5.41) is 2.99. The summed E-state index contributed by atoms with van der Waals surface area (Å²) in [6, 6.07) is -0.0940. The minimum absolute atomic E-state index is 0. The maximum Gasteiger partial charge on any atom is 0.225 e. The number of amides is 2. The predicted octanol–water partition coefficient (Wildman–Crippen LogP) is 1.55. The molecule has 1 fully saturated rings. The number of likely N-dealkylation sites (tertiary alicyclic amines) is 1. The normalized spacial score (nSPS) is 20.4. The van der Waals surface area contributed by atoms with Crippen LogP contribution in [0.5, 0.6) is 0 Å². The lowest BCUT2D eigenvalue weighted by Gasteiger charge is -2.33. The summed E-state index contributed by atoms with van der Waals surface area (Å²) in [6.07, 6.45) is 2.47. The zero-order chi connectivity index (χ0) is 15.3. The molecule has 1 heterocycles. The van der Waals surface area contributed by atoms with Crippen LogP contribution in [0.4, 0.5) is 0 Å². The minimum Gasteiger partial charge on any atom is -0.355 e. The Balaban J connectivity index is 0.00000400. The van der Waals surface area contributed by atoms with Crippen molar-refractivity contribution in [3.63, 3.8) is 0 Å². The monoisotopic (exact) mass is 319 g/mol. The molecule has 1 aliphatic heterocycles. The van der Waals surface area contributed by atoms with E-state index in [1.165, 1.54) is 0 Å². The van der Waals surface area contributed by atoms with E-state index < -0.39 is 0 Å². The Bertz CT molecular complexity index is 353. The largest absolute Gasteiger partial charge is 0.355 e. The van der Waals surface area contributed by atoms with Crippen LogP contribution in [0.3, 0.4) is 0 Å². The fourth-order valence-corrected chi connectivity index (χ4v) is 2.36. The zero-order valence-electron chi connectivity index (χ0n) is 13.6. The number of hydrogen-bond donors (Lipinski definition) is 2. The van der Waals surface area contributed by atoms with Gasteiger partial charge in [-0.2, -0.15) is 0 Å². The van der Waals surface area contributed by atoms with Crippen molar-refractivity contribution in [3.05, 3.63) is 0 Å². The summed E-state index contributed by atoms with van der Waals surface area (Å²) in [7, 11) is 0. The number of carbonyl (C=O) groups excluding carboxylic acids is 2. The summed E-state index contributed by atoms with van der Waals surface area (Å²) in [5.41, 5.74) is 5.31. The molecule has 5 nitrogen and oxygen atoms in total. The van der Waals surface area contributed by atoms with Gasteiger partial charge in [-0.25, -0.2) is 0 Å². The molecule has 124 valence electrons. The molecule has 2 unspecified atom stereocenters. The summed E-state index contributed by atoms with van der Waals surface area (Å²) < 4.78 is 0. The van der Waals surface area contributed by atoms with Crippen molar-refractivity contribution in [1.82, 2.24) is 10.2 Å². The van der Waals surface area contributed by atoms with Gasteiger partial charge in [0, 0.05) is 37.5 Å². The number of hydrogen-bond acceptors (Lipinski definition) is 3. The Morgan fingerprint density at radius 3 is 2.52 bits per heavy atom. The van der Waals surface area contributed by atoms with Crippen LogP contribution >= 0.6 is 12.4 Å². The molecule has 3 N–H and O–H groups in total. The van der Waals surface area contributed by atoms with E-state index in [1.54, 1.807) is 0 Å². The van der Waals surface area contributed by atoms with E-state index in [1.807, 2.05) is 32.6 Å². The number of halogens is 1. The molecule has 1 saturated heterocycles. The molecule has 0 aliphatic carbocycles. The molecule has 0 aromatic carbocycles. The molecule has 2 amide bonds. The fourth-order valence-electron chi connectivity index (χ4n) is 2.36. The van der Waals surface area contributed by atoms with E-state index in [4.69, 9.17) is 5.73 Å². The van der Waals surface area contributed by atoms with Crippen LogP contribution in [0.1, 0.15) is 47.0 Å². The standard InChI is InChI=1S/C15H29N3O2.ClH/c1-11(16)8-13(19)18-7-5-6-12(10-18)9-17-14(20)15(2,3)4;/h11-12H,5-10,16H2,1-4H3,(H,17,20);1H. The van der Waals surface area contributed by atoms with Gasteiger partial charge in [-0.1, -0.05) is 20.8 Å². The number of nitrogens with zero attached hydrogens (tertiary/aromatic N) is 1. The third-order valence-corrected chi connectivity index (χ3v) is 3.60. The highest BCUT2D eigenvalue weighted by molar-refractivity contribution is 5.85. The van der Waals surface area contributed by atoms with Gasteiger partial charge in [0.25, 0.3) is 0 Å². The Kier molecular flexibility index (Phi) is 8.26. The SMILES string of the molecule is CC(N)CC(=O)N1CCCC(CNC(=O)C(C)(C)C)C1.Cl. The molecule has 0 spiro atoms. The van der Waals surface area contributed by atoms with Crippen molar-refractivity contribution in [2.75, 3.05) is 19.6 Å². The number of rotatable bonds is 4. The van der Waals surface area contributed by atoms with E-state index in [0.29, 0.717) is 18.9 Å². The quantitative estimate of drug-likeness (QED) is 0.825. The highest BCUT2D eigenvalue weighted by Gasteiger charge is 2.26. The molecule has 0 aromatic rings. The van der Waals surface area contributed by atoms with Crippen molar-refractivity contribution >= 4 is 24.2 Å². The number of nitrogens with two attached hydrogens (primary N) is 1. The van der Waals surface area contributed by atoms with Gasteiger partial charge in [0.05, 0.1) is 0 Å². The molecular weight excluding hydrogens is 290 g/mol. The first-order chi connectivity index (χ1) is 9.20. The Morgan fingerprint density at radius 2 is 2.00 bits per heavy atom. The molecule has 0 aromatic heterocycles. The highest BCUT2D eigenvalue weighted by Crippen LogP contribution is 2.18. The first-order valence-electron chi connectivity index (χ1n) is 7.52. The van der Waals surface area contributed by atoms with Gasteiger partial charge >= 0.3 is 0 Å². The van der Waals surface area contributed by atoms with Gasteiger partial charge in [0.2, 0.25) is 11.8 Å². The van der Waals surface area contributed by atoms with Crippen LogP contribution in [0.15, 0.2) is 0 Å². The second kappa shape index (κ2) is 8.59. The van der Waals surface area contributed by atoms with Crippen molar-refractivity contribution < 1.29 is 9.59 Å². The zero-order valence-corrected chi connectivity index (χ0v) is 14.5. The van der Waals surface area contributed by atoms with Gasteiger partial charge in [0.1, 0.15) is 0 Å². The maximum absolute atomic E-state index is 12.0. The van der Waals surface area contributed by atoms with Crippen molar-refractivity contribution in [1.29, 1.82) is 0 Å². The number of carbonyl (C=O) groups is 2. The van der Waals surface area contributed by atoms with E-state index >= 15 is 0 Å². The lowest BCUT2D eigenvalue weighted by molar-refractivity contribution is -0.133. The molecular formula is C15H30ClN3O2. The van der Waals surface area contributed by atoms with Crippen LogP contribution in [0, 0.1) is 11.3 Å². The second-order valence-corrected chi connectivity index (χ2v) is 6.99. The van der Waals surface area contributed by atoms with E-state index in [2.05, 4.69) is 5.32 Å². The second-order valence-electron chi connectivity index (χ2n) is 6.99. The number of nitrogens with one attached hydrogen (secondary N) is 1. The first-order valence-corrected chi connectivity index (χ1v) is 7.52. The summed E-state index contributed by atoms with van der Waals surface area (Å²) in [5.74, 6) is 0.551. The van der Waals surface area contributed by atoms with Crippen molar-refractivity contribution in [3.8, 4) is 0 Å². The third kappa shape index (κ3) is 7.14. The third-order valence-electron chi connectivity index (χ3n) is 3.60. The lowest BCUT2D eigenvalue weighted by atomic mass is 9.94. The molecule has 1 aliphatic rings. The van der Waals surface area contributed by atoms with Crippen LogP contribution in [0.25, 0.3) is 0 Å². The summed E-state index contributed by atoms with van der Waals surface area (Å²) >= 11 is 0. The van der Waals surface area contributed by atoms with Crippen molar-refractivity contribution in [2.24, 2.45) is 17.1 Å².